The second kappa shape index (κ2) is 7.80. The summed E-state index contributed by atoms with van der Waals surface area (Å²) in [6.45, 7) is 5.96. The van der Waals surface area contributed by atoms with Crippen LogP contribution in [0.15, 0.2) is 24.3 Å². The number of rotatable bonds is 7. The topological polar surface area (TPSA) is 69.4 Å². The third kappa shape index (κ3) is 4.46. The molecule has 1 aromatic rings. The molecule has 0 aliphatic rings. The Bertz CT molecular complexity index is 451. The molecule has 0 amide bonds. The van der Waals surface area contributed by atoms with Gasteiger partial charge in [-0.1, -0.05) is 31.2 Å². The maximum atomic E-state index is 12.3. The van der Waals surface area contributed by atoms with Crippen molar-refractivity contribution in [2.24, 2.45) is 11.7 Å². The Hall–Kier alpha value is -1.68. The van der Waals surface area contributed by atoms with Gasteiger partial charge in [-0.25, -0.2) is 0 Å². The lowest BCUT2D eigenvalue weighted by Crippen LogP contribution is -2.32. The average Bonchev–Trinajstić information content (AvgIpc) is 2.40. The molecule has 0 saturated carbocycles. The molecule has 0 saturated heterocycles. The summed E-state index contributed by atoms with van der Waals surface area (Å²) >= 11 is 0. The molecular weight excluding hydrogens is 254 g/mol. The molecule has 0 heterocycles. The Morgan fingerprint density at radius 1 is 1.20 bits per heavy atom. The van der Waals surface area contributed by atoms with E-state index < -0.39 is 0 Å². The zero-order valence-corrected chi connectivity index (χ0v) is 12.4. The van der Waals surface area contributed by atoms with Crippen LogP contribution in [0.1, 0.15) is 43.1 Å². The van der Waals surface area contributed by atoms with E-state index in [0.717, 1.165) is 12.0 Å². The van der Waals surface area contributed by atoms with Gasteiger partial charge in [0.05, 0.1) is 13.0 Å². The summed E-state index contributed by atoms with van der Waals surface area (Å²) in [5.74, 6) is -0.357. The van der Waals surface area contributed by atoms with Crippen LogP contribution in [-0.4, -0.2) is 24.4 Å². The maximum absolute atomic E-state index is 12.3. The van der Waals surface area contributed by atoms with Crippen molar-refractivity contribution in [1.82, 2.24) is 0 Å². The van der Waals surface area contributed by atoms with Crippen molar-refractivity contribution in [1.29, 1.82) is 0 Å². The first kappa shape index (κ1) is 16.4. The molecule has 2 atom stereocenters. The Kier molecular flexibility index (Phi) is 6.39. The van der Waals surface area contributed by atoms with E-state index in [0.29, 0.717) is 12.2 Å². The predicted octanol–water partition coefficient (Wildman–Crippen LogP) is 2.35. The number of nitrogens with two attached hydrogens (primary N) is 1. The highest BCUT2D eigenvalue weighted by atomic mass is 16.5. The SMILES string of the molecule is CCOC(=O)Cc1ccc(C(=O)C(CC)C(C)N)cc1. The van der Waals surface area contributed by atoms with Crippen LogP contribution in [0, 0.1) is 5.92 Å². The van der Waals surface area contributed by atoms with E-state index in [1.54, 1.807) is 31.2 Å². The van der Waals surface area contributed by atoms with E-state index in [1.807, 2.05) is 13.8 Å². The largest absolute Gasteiger partial charge is 0.466 e. The van der Waals surface area contributed by atoms with Crippen LogP contribution in [-0.2, 0) is 16.0 Å². The van der Waals surface area contributed by atoms with E-state index in [-0.39, 0.29) is 30.1 Å². The fraction of sp³-hybridized carbons (Fsp3) is 0.500. The summed E-state index contributed by atoms with van der Waals surface area (Å²) in [7, 11) is 0. The van der Waals surface area contributed by atoms with Crippen LogP contribution in [0.25, 0.3) is 0 Å². The Labute approximate surface area is 120 Å². The van der Waals surface area contributed by atoms with Gasteiger partial charge in [-0.15, -0.1) is 0 Å². The highest BCUT2D eigenvalue weighted by molar-refractivity contribution is 5.98. The summed E-state index contributed by atoms with van der Waals surface area (Å²) in [5, 5.41) is 0. The maximum Gasteiger partial charge on any atom is 0.310 e. The van der Waals surface area contributed by atoms with E-state index in [4.69, 9.17) is 10.5 Å². The minimum atomic E-state index is -0.256. The van der Waals surface area contributed by atoms with Crippen molar-refractivity contribution in [3.8, 4) is 0 Å². The number of ether oxygens (including phenoxy) is 1. The third-order valence-electron chi connectivity index (χ3n) is 3.30. The van der Waals surface area contributed by atoms with Gasteiger partial charge >= 0.3 is 5.97 Å². The van der Waals surface area contributed by atoms with Gasteiger partial charge < -0.3 is 10.5 Å². The van der Waals surface area contributed by atoms with Crippen LogP contribution in [0.2, 0.25) is 0 Å². The highest BCUT2D eigenvalue weighted by Crippen LogP contribution is 2.16. The number of ketones is 1. The zero-order chi connectivity index (χ0) is 15.1. The minimum Gasteiger partial charge on any atom is -0.466 e. The van der Waals surface area contributed by atoms with Gasteiger partial charge in [0.2, 0.25) is 0 Å². The number of esters is 1. The molecule has 0 aliphatic heterocycles. The molecule has 2 unspecified atom stereocenters. The molecular formula is C16H23NO3. The molecule has 4 nitrogen and oxygen atoms in total. The van der Waals surface area contributed by atoms with Gasteiger partial charge in [0, 0.05) is 17.5 Å². The van der Waals surface area contributed by atoms with Crippen LogP contribution in [0.5, 0.6) is 0 Å². The molecule has 4 heteroatoms. The molecule has 20 heavy (non-hydrogen) atoms. The molecule has 0 aromatic heterocycles. The lowest BCUT2D eigenvalue weighted by Gasteiger charge is -2.17. The van der Waals surface area contributed by atoms with Crippen LogP contribution in [0.4, 0.5) is 0 Å². The Balaban J connectivity index is 2.75. The quantitative estimate of drug-likeness (QED) is 0.613. The molecule has 0 aliphatic carbocycles. The van der Waals surface area contributed by atoms with Crippen molar-refractivity contribution in [2.45, 2.75) is 39.7 Å². The summed E-state index contributed by atoms with van der Waals surface area (Å²) in [6, 6.07) is 6.92. The zero-order valence-electron chi connectivity index (χ0n) is 12.4. The first-order valence-corrected chi connectivity index (χ1v) is 7.03. The number of carbonyl (C=O) groups excluding carboxylic acids is 2. The van der Waals surface area contributed by atoms with Gasteiger partial charge in [-0.05, 0) is 25.8 Å². The highest BCUT2D eigenvalue weighted by Gasteiger charge is 2.21. The molecule has 0 bridgehead atoms. The molecule has 1 aromatic carbocycles. The Morgan fingerprint density at radius 2 is 1.80 bits per heavy atom. The fourth-order valence-electron chi connectivity index (χ4n) is 2.18. The normalized spacial score (nSPS) is 13.6. The van der Waals surface area contributed by atoms with Crippen LogP contribution in [0.3, 0.4) is 0 Å². The van der Waals surface area contributed by atoms with Gasteiger partial charge in [0.1, 0.15) is 0 Å². The number of Topliss-reactive ketones (excluding diaryl/α,β-unsaturated/α-hetero) is 1. The molecule has 2 N–H and O–H groups in total. The summed E-state index contributed by atoms with van der Waals surface area (Å²) < 4.78 is 4.89. The van der Waals surface area contributed by atoms with Gasteiger partial charge in [-0.2, -0.15) is 0 Å². The van der Waals surface area contributed by atoms with Gasteiger partial charge in [-0.3, -0.25) is 9.59 Å². The monoisotopic (exact) mass is 277 g/mol. The summed E-state index contributed by atoms with van der Waals surface area (Å²) in [5.41, 5.74) is 7.31. The minimum absolute atomic E-state index is 0.0604. The predicted molar refractivity (Wildman–Crippen MR) is 78.5 cm³/mol. The van der Waals surface area contributed by atoms with Crippen molar-refractivity contribution in [3.63, 3.8) is 0 Å². The lowest BCUT2D eigenvalue weighted by molar-refractivity contribution is -0.142. The van der Waals surface area contributed by atoms with Crippen molar-refractivity contribution >= 4 is 11.8 Å². The summed E-state index contributed by atoms with van der Waals surface area (Å²) in [4.78, 5) is 23.7. The van der Waals surface area contributed by atoms with E-state index in [1.165, 1.54) is 0 Å². The van der Waals surface area contributed by atoms with E-state index in [2.05, 4.69) is 0 Å². The fourth-order valence-corrected chi connectivity index (χ4v) is 2.18. The number of carbonyl (C=O) groups is 2. The van der Waals surface area contributed by atoms with Gasteiger partial charge in [0.25, 0.3) is 0 Å². The molecule has 0 fully saturated rings. The molecule has 110 valence electrons. The van der Waals surface area contributed by atoms with Crippen molar-refractivity contribution in [3.05, 3.63) is 35.4 Å². The first-order valence-electron chi connectivity index (χ1n) is 7.03. The summed E-state index contributed by atoms with van der Waals surface area (Å²) in [6.07, 6.45) is 0.952. The molecule has 0 spiro atoms. The lowest BCUT2D eigenvalue weighted by atomic mass is 9.89. The molecule has 0 radical (unpaired) electrons. The molecule has 1 rings (SSSR count). The number of hydrogen-bond donors (Lipinski definition) is 1. The van der Waals surface area contributed by atoms with E-state index >= 15 is 0 Å². The van der Waals surface area contributed by atoms with Crippen LogP contribution < -0.4 is 5.73 Å². The average molecular weight is 277 g/mol. The van der Waals surface area contributed by atoms with Gasteiger partial charge in [0.15, 0.2) is 5.78 Å². The number of hydrogen-bond acceptors (Lipinski definition) is 4. The smallest absolute Gasteiger partial charge is 0.310 e. The third-order valence-corrected chi connectivity index (χ3v) is 3.30. The van der Waals surface area contributed by atoms with Crippen molar-refractivity contribution < 1.29 is 14.3 Å². The second-order valence-corrected chi connectivity index (χ2v) is 4.92. The Morgan fingerprint density at radius 3 is 2.25 bits per heavy atom. The number of benzene rings is 1. The first-order chi connectivity index (χ1) is 9.49. The van der Waals surface area contributed by atoms with Crippen molar-refractivity contribution in [2.75, 3.05) is 6.61 Å². The standard InChI is InChI=1S/C16H23NO3/c1-4-14(11(3)17)16(19)13-8-6-12(7-9-13)10-15(18)20-5-2/h6-9,11,14H,4-5,10,17H2,1-3H3. The van der Waals surface area contributed by atoms with E-state index in [9.17, 15) is 9.59 Å². The van der Waals surface area contributed by atoms with Crippen LogP contribution >= 0.6 is 0 Å². The second-order valence-electron chi connectivity index (χ2n) is 4.92.